The Hall–Kier alpha value is -2.02. The summed E-state index contributed by atoms with van der Waals surface area (Å²) in [5, 5.41) is 2.22. The van der Waals surface area contributed by atoms with Crippen LogP contribution in [0.2, 0.25) is 0 Å². The number of ether oxygens (including phenoxy) is 1. The second kappa shape index (κ2) is 8.98. The summed E-state index contributed by atoms with van der Waals surface area (Å²) in [5.74, 6) is -1.08. The van der Waals surface area contributed by atoms with E-state index >= 15 is 0 Å². The van der Waals surface area contributed by atoms with Gasteiger partial charge in [0.2, 0.25) is 5.91 Å². The van der Waals surface area contributed by atoms with Crippen LogP contribution in [-0.2, 0) is 19.1 Å². The molecule has 2 amide bonds. The molecule has 0 unspecified atom stereocenters. The van der Waals surface area contributed by atoms with Crippen LogP contribution in [0.5, 0.6) is 0 Å². The number of esters is 1. The van der Waals surface area contributed by atoms with Gasteiger partial charge in [0, 0.05) is 10.6 Å². The zero-order valence-electron chi connectivity index (χ0n) is 10.8. The average Bonchev–Trinajstić information content (AvgIpc) is 2.44. The number of thioether (sulfide) groups is 1. The highest BCUT2D eigenvalue weighted by molar-refractivity contribution is 7.99. The third-order valence-corrected chi connectivity index (χ3v) is 3.16. The van der Waals surface area contributed by atoms with Crippen LogP contribution in [0.25, 0.3) is 0 Å². The number of nitrogens with two attached hydrogens (primary N) is 1. The molecule has 0 aromatic heterocycles. The zero-order valence-corrected chi connectivity index (χ0v) is 11.7. The molecular weight excluding hydrogens is 280 g/mol. The van der Waals surface area contributed by atoms with Crippen molar-refractivity contribution in [2.75, 3.05) is 18.9 Å². The number of rotatable bonds is 8. The quantitative estimate of drug-likeness (QED) is 0.531. The van der Waals surface area contributed by atoms with Crippen molar-refractivity contribution in [2.45, 2.75) is 11.3 Å². The zero-order chi connectivity index (χ0) is 14.8. The number of primary amides is 1. The number of hydrogen-bond acceptors (Lipinski definition) is 5. The fraction of sp³-hybridized carbons (Fsp3) is 0.308. The van der Waals surface area contributed by atoms with Crippen LogP contribution in [0.4, 0.5) is 0 Å². The Kier molecular flexibility index (Phi) is 7.20. The summed E-state index contributed by atoms with van der Waals surface area (Å²) in [6.07, 6.45) is 0.211. The summed E-state index contributed by atoms with van der Waals surface area (Å²) in [6, 6.07) is 9.66. The first kappa shape index (κ1) is 16.0. The van der Waals surface area contributed by atoms with Gasteiger partial charge in [-0.15, -0.1) is 11.8 Å². The van der Waals surface area contributed by atoms with Crippen LogP contribution >= 0.6 is 11.8 Å². The van der Waals surface area contributed by atoms with Gasteiger partial charge in [0.25, 0.3) is 5.91 Å². The van der Waals surface area contributed by atoms with Gasteiger partial charge in [-0.2, -0.15) is 0 Å². The molecule has 0 heterocycles. The molecule has 0 bridgehead atoms. The minimum Gasteiger partial charge on any atom is -0.456 e. The Morgan fingerprint density at radius 3 is 2.55 bits per heavy atom. The second-order valence-corrected chi connectivity index (χ2v) is 4.98. The fourth-order valence-electron chi connectivity index (χ4n) is 1.22. The molecule has 1 rings (SSSR count). The smallest absolute Gasteiger partial charge is 0.307 e. The maximum atomic E-state index is 11.4. The summed E-state index contributed by atoms with van der Waals surface area (Å²) in [6.45, 7) is -0.664. The number of amides is 2. The van der Waals surface area contributed by atoms with Gasteiger partial charge in [-0.25, -0.2) is 0 Å². The Labute approximate surface area is 121 Å². The highest BCUT2D eigenvalue weighted by atomic mass is 32.2. The highest BCUT2D eigenvalue weighted by Gasteiger charge is 2.08. The maximum absolute atomic E-state index is 11.4. The first-order valence-corrected chi connectivity index (χ1v) is 6.95. The maximum Gasteiger partial charge on any atom is 0.307 e. The predicted molar refractivity (Wildman–Crippen MR) is 74.9 cm³/mol. The number of benzene rings is 1. The molecule has 108 valence electrons. The van der Waals surface area contributed by atoms with Gasteiger partial charge in [-0.3, -0.25) is 14.4 Å². The Morgan fingerprint density at radius 2 is 1.90 bits per heavy atom. The van der Waals surface area contributed by atoms with E-state index in [1.807, 2.05) is 30.3 Å². The van der Waals surface area contributed by atoms with Crippen molar-refractivity contribution in [3.8, 4) is 0 Å². The third-order valence-electron chi connectivity index (χ3n) is 2.14. The minimum atomic E-state index is -0.649. The van der Waals surface area contributed by atoms with E-state index in [1.54, 1.807) is 0 Å². The van der Waals surface area contributed by atoms with Gasteiger partial charge in [0.15, 0.2) is 6.61 Å². The van der Waals surface area contributed by atoms with Crippen molar-refractivity contribution in [1.82, 2.24) is 5.32 Å². The molecule has 1 aromatic carbocycles. The Balaban J connectivity index is 2.11. The molecule has 6 nitrogen and oxygen atoms in total. The van der Waals surface area contributed by atoms with E-state index in [-0.39, 0.29) is 13.0 Å². The fourth-order valence-corrected chi connectivity index (χ4v) is 2.08. The van der Waals surface area contributed by atoms with Crippen molar-refractivity contribution in [1.29, 1.82) is 0 Å². The minimum absolute atomic E-state index is 0.211. The SMILES string of the molecule is NC(=O)CNC(=O)COC(=O)CCSc1ccccc1. The van der Waals surface area contributed by atoms with E-state index in [2.05, 4.69) is 5.32 Å². The van der Waals surface area contributed by atoms with Crippen molar-refractivity contribution < 1.29 is 19.1 Å². The molecule has 0 aliphatic heterocycles. The summed E-state index contributed by atoms with van der Waals surface area (Å²) < 4.78 is 4.76. The molecule has 20 heavy (non-hydrogen) atoms. The third kappa shape index (κ3) is 7.42. The van der Waals surface area contributed by atoms with Crippen molar-refractivity contribution in [3.63, 3.8) is 0 Å². The lowest BCUT2D eigenvalue weighted by atomic mass is 10.4. The number of hydrogen-bond donors (Lipinski definition) is 2. The first-order valence-electron chi connectivity index (χ1n) is 5.96. The van der Waals surface area contributed by atoms with Gasteiger partial charge in [-0.1, -0.05) is 18.2 Å². The van der Waals surface area contributed by atoms with Crippen molar-refractivity contribution in [3.05, 3.63) is 30.3 Å². The summed E-state index contributed by atoms with van der Waals surface area (Å²) >= 11 is 1.53. The van der Waals surface area contributed by atoms with E-state index in [1.165, 1.54) is 11.8 Å². The molecule has 1 aromatic rings. The second-order valence-electron chi connectivity index (χ2n) is 3.82. The molecule has 3 N–H and O–H groups in total. The molecule has 0 spiro atoms. The molecule has 7 heteroatoms. The summed E-state index contributed by atoms with van der Waals surface area (Å²) in [5.41, 5.74) is 4.85. The lowest BCUT2D eigenvalue weighted by Crippen LogP contribution is -2.36. The highest BCUT2D eigenvalue weighted by Crippen LogP contribution is 2.17. The molecule has 0 saturated heterocycles. The van der Waals surface area contributed by atoms with Crippen LogP contribution in [0, 0.1) is 0 Å². The number of nitrogens with one attached hydrogen (secondary N) is 1. The van der Waals surface area contributed by atoms with E-state index in [0.717, 1.165) is 4.90 Å². The normalized spacial score (nSPS) is 9.80. The van der Waals surface area contributed by atoms with Crippen LogP contribution in [0.3, 0.4) is 0 Å². The standard InChI is InChI=1S/C13H16N2O4S/c14-11(16)8-15-12(17)9-19-13(18)6-7-20-10-4-2-1-3-5-10/h1-5H,6-9H2,(H2,14,16)(H,15,17). The monoisotopic (exact) mass is 296 g/mol. The van der Waals surface area contributed by atoms with Crippen LogP contribution in [0.1, 0.15) is 6.42 Å². The summed E-state index contributed by atoms with van der Waals surface area (Å²) in [7, 11) is 0. The van der Waals surface area contributed by atoms with E-state index in [9.17, 15) is 14.4 Å². The van der Waals surface area contributed by atoms with Crippen LogP contribution in [-0.4, -0.2) is 36.7 Å². The first-order chi connectivity index (χ1) is 9.58. The molecule has 0 atom stereocenters. The van der Waals surface area contributed by atoms with E-state index in [4.69, 9.17) is 10.5 Å². The van der Waals surface area contributed by atoms with Gasteiger partial charge in [0.05, 0.1) is 13.0 Å². The van der Waals surface area contributed by atoms with Gasteiger partial charge >= 0.3 is 5.97 Å². The molecule has 0 aliphatic carbocycles. The topological polar surface area (TPSA) is 98.5 Å². The van der Waals surface area contributed by atoms with E-state index < -0.39 is 24.4 Å². The van der Waals surface area contributed by atoms with Gasteiger partial charge in [0.1, 0.15) is 0 Å². The van der Waals surface area contributed by atoms with E-state index in [0.29, 0.717) is 5.75 Å². The molecule has 0 fully saturated rings. The predicted octanol–water partition coefficient (Wildman–Crippen LogP) is 0.313. The lowest BCUT2D eigenvalue weighted by molar-refractivity contribution is -0.148. The van der Waals surface area contributed by atoms with Gasteiger partial charge in [-0.05, 0) is 12.1 Å². The largest absolute Gasteiger partial charge is 0.456 e. The molecule has 0 saturated carbocycles. The number of carbonyl (C=O) groups is 3. The molecule has 0 radical (unpaired) electrons. The lowest BCUT2D eigenvalue weighted by Gasteiger charge is -2.05. The number of carbonyl (C=O) groups excluding carboxylic acids is 3. The summed E-state index contributed by atoms with van der Waals surface area (Å²) in [4.78, 5) is 34.0. The molecular formula is C13H16N2O4S. The van der Waals surface area contributed by atoms with Crippen molar-refractivity contribution >= 4 is 29.5 Å². The van der Waals surface area contributed by atoms with Crippen LogP contribution in [0.15, 0.2) is 35.2 Å². The Morgan fingerprint density at radius 1 is 1.20 bits per heavy atom. The molecule has 0 aliphatic rings. The Bertz CT molecular complexity index is 465. The van der Waals surface area contributed by atoms with Gasteiger partial charge < -0.3 is 15.8 Å². The van der Waals surface area contributed by atoms with Crippen LogP contribution < -0.4 is 11.1 Å². The van der Waals surface area contributed by atoms with Crippen molar-refractivity contribution in [2.24, 2.45) is 5.73 Å². The average molecular weight is 296 g/mol.